The van der Waals surface area contributed by atoms with Gasteiger partial charge in [0.2, 0.25) is 5.91 Å². The molecular weight excluding hydrogens is 353 g/mol. The molecule has 1 N–H and O–H groups in total. The smallest absolute Gasteiger partial charge is 0.303 e. The predicted octanol–water partition coefficient (Wildman–Crippen LogP) is 3.26. The molecule has 1 amide bonds. The second-order valence-corrected chi connectivity index (χ2v) is 6.24. The van der Waals surface area contributed by atoms with Gasteiger partial charge in [0.25, 0.3) is 0 Å². The lowest BCUT2D eigenvalue weighted by Crippen LogP contribution is -2.35. The maximum Gasteiger partial charge on any atom is 0.303 e. The Balaban J connectivity index is 2.98. The number of hydrogen-bond donors (Lipinski definition) is 1. The first-order chi connectivity index (χ1) is 11.4. The zero-order valence-corrected chi connectivity index (χ0v) is 15.4. The number of carboxylic acids is 1. The highest BCUT2D eigenvalue weighted by Crippen LogP contribution is 2.29. The molecule has 7 heteroatoms. The molecule has 0 fully saturated rings. The number of aryl methyl sites for hydroxylation is 1. The molecule has 0 saturated heterocycles. The van der Waals surface area contributed by atoms with E-state index >= 15 is 0 Å². The van der Waals surface area contributed by atoms with Crippen molar-refractivity contribution in [3.63, 3.8) is 0 Å². The Morgan fingerprint density at radius 1 is 1.21 bits per heavy atom. The van der Waals surface area contributed by atoms with Gasteiger partial charge >= 0.3 is 5.97 Å². The van der Waals surface area contributed by atoms with Crippen LogP contribution in [-0.4, -0.2) is 53.8 Å². The number of amides is 1. The first-order valence-corrected chi connectivity index (χ1v) is 8.75. The number of rotatable bonds is 10. The minimum absolute atomic E-state index is 0.103. The van der Waals surface area contributed by atoms with Gasteiger partial charge in [-0.25, -0.2) is 0 Å². The van der Waals surface area contributed by atoms with Gasteiger partial charge in [-0.3, -0.25) is 9.59 Å². The molecule has 0 bridgehead atoms. The van der Waals surface area contributed by atoms with E-state index in [1.807, 2.05) is 13.0 Å². The van der Waals surface area contributed by atoms with Crippen molar-refractivity contribution in [1.82, 2.24) is 4.90 Å². The number of nitrogens with zero attached hydrogens (tertiary/aromatic N) is 1. The minimum Gasteiger partial charge on any atom is -0.496 e. The van der Waals surface area contributed by atoms with E-state index in [9.17, 15) is 14.7 Å². The third-order valence-electron chi connectivity index (χ3n) is 3.79. The highest BCUT2D eigenvalue weighted by Gasteiger charge is 2.23. The molecule has 0 aromatic heterocycles. The lowest BCUT2D eigenvalue weighted by atomic mass is 9.90. The summed E-state index contributed by atoms with van der Waals surface area (Å²) in [7, 11) is 1.58. The molecular formula is C17H23Cl2NO4. The number of benzene rings is 1. The summed E-state index contributed by atoms with van der Waals surface area (Å²) in [5.41, 5.74) is 1.71. The second kappa shape index (κ2) is 10.4. The average Bonchev–Trinajstić information content (AvgIpc) is 2.53. The van der Waals surface area contributed by atoms with Gasteiger partial charge in [-0.1, -0.05) is 12.1 Å². The summed E-state index contributed by atoms with van der Waals surface area (Å²) in [6.07, 6.45) is -0.0149. The van der Waals surface area contributed by atoms with Crippen LogP contribution in [0.2, 0.25) is 0 Å². The summed E-state index contributed by atoms with van der Waals surface area (Å²) < 4.78 is 5.22. The van der Waals surface area contributed by atoms with E-state index in [1.165, 1.54) is 0 Å². The van der Waals surface area contributed by atoms with Crippen molar-refractivity contribution in [2.24, 2.45) is 0 Å². The monoisotopic (exact) mass is 375 g/mol. The van der Waals surface area contributed by atoms with Gasteiger partial charge in [-0.05, 0) is 24.1 Å². The van der Waals surface area contributed by atoms with E-state index in [-0.39, 0.29) is 18.7 Å². The minimum atomic E-state index is -0.942. The molecule has 0 aliphatic rings. The maximum absolute atomic E-state index is 12.5. The lowest BCUT2D eigenvalue weighted by Gasteiger charge is -2.24. The number of carbonyl (C=O) groups is 2. The Morgan fingerprint density at radius 3 is 2.29 bits per heavy atom. The zero-order chi connectivity index (χ0) is 18.1. The molecule has 0 saturated carbocycles. The molecule has 5 nitrogen and oxygen atoms in total. The van der Waals surface area contributed by atoms with E-state index in [2.05, 4.69) is 0 Å². The zero-order valence-electron chi connectivity index (χ0n) is 13.9. The molecule has 1 rings (SSSR count). The molecule has 0 heterocycles. The van der Waals surface area contributed by atoms with Crippen LogP contribution in [0.4, 0.5) is 0 Å². The molecule has 0 aliphatic carbocycles. The van der Waals surface area contributed by atoms with Gasteiger partial charge in [-0.2, -0.15) is 0 Å². The van der Waals surface area contributed by atoms with Crippen molar-refractivity contribution in [2.75, 3.05) is 32.0 Å². The van der Waals surface area contributed by atoms with Crippen LogP contribution in [0.5, 0.6) is 5.75 Å². The van der Waals surface area contributed by atoms with E-state index in [4.69, 9.17) is 27.9 Å². The molecule has 1 aromatic carbocycles. The number of alkyl halides is 2. The van der Waals surface area contributed by atoms with Crippen LogP contribution in [0.3, 0.4) is 0 Å². The predicted molar refractivity (Wildman–Crippen MR) is 95.4 cm³/mol. The van der Waals surface area contributed by atoms with Crippen molar-refractivity contribution < 1.29 is 19.4 Å². The van der Waals surface area contributed by atoms with Gasteiger partial charge in [0.15, 0.2) is 0 Å². The molecule has 1 atom stereocenters. The van der Waals surface area contributed by atoms with Crippen LogP contribution in [-0.2, 0) is 9.59 Å². The molecule has 0 radical (unpaired) electrons. The maximum atomic E-state index is 12.5. The Labute approximate surface area is 152 Å². The lowest BCUT2D eigenvalue weighted by molar-refractivity contribution is -0.137. The van der Waals surface area contributed by atoms with E-state index in [0.717, 1.165) is 16.9 Å². The van der Waals surface area contributed by atoms with Crippen molar-refractivity contribution >= 4 is 35.1 Å². The molecule has 0 spiro atoms. The first kappa shape index (κ1) is 20.6. The van der Waals surface area contributed by atoms with Crippen molar-refractivity contribution in [3.05, 3.63) is 29.3 Å². The highest BCUT2D eigenvalue weighted by molar-refractivity contribution is 6.18. The van der Waals surface area contributed by atoms with Crippen LogP contribution < -0.4 is 4.74 Å². The normalized spacial score (nSPS) is 11.8. The fourth-order valence-electron chi connectivity index (χ4n) is 2.58. The highest BCUT2D eigenvalue weighted by atomic mass is 35.5. The Kier molecular flexibility index (Phi) is 8.93. The molecule has 0 unspecified atom stereocenters. The van der Waals surface area contributed by atoms with Crippen LogP contribution in [0.25, 0.3) is 0 Å². The number of ether oxygens (including phenoxy) is 1. The van der Waals surface area contributed by atoms with Gasteiger partial charge in [0.1, 0.15) is 5.75 Å². The van der Waals surface area contributed by atoms with Crippen LogP contribution in [0.1, 0.15) is 29.9 Å². The quantitative estimate of drug-likeness (QED) is 0.637. The van der Waals surface area contributed by atoms with Crippen molar-refractivity contribution in [1.29, 1.82) is 0 Å². The van der Waals surface area contributed by atoms with Crippen molar-refractivity contribution in [3.8, 4) is 5.75 Å². The average molecular weight is 376 g/mol. The summed E-state index contributed by atoms with van der Waals surface area (Å²) in [5.74, 6) is -0.141. The van der Waals surface area contributed by atoms with E-state index in [0.29, 0.717) is 24.8 Å². The number of hydrogen-bond acceptors (Lipinski definition) is 3. The number of aliphatic carboxylic acids is 1. The standard InChI is InChI=1S/C17H23Cl2NO4/c1-12-9-13(3-4-15(12)24-2)14(11-17(22)23)10-16(21)20(7-5-18)8-6-19/h3-4,9,14H,5-8,10-11H2,1-2H3,(H,22,23)/t14-/m1/s1. The molecule has 24 heavy (non-hydrogen) atoms. The first-order valence-electron chi connectivity index (χ1n) is 7.69. The molecule has 1 aromatic rings. The summed E-state index contributed by atoms with van der Waals surface area (Å²) in [6, 6.07) is 5.46. The number of halogens is 2. The van der Waals surface area contributed by atoms with E-state index < -0.39 is 11.9 Å². The Hall–Kier alpha value is -1.46. The third-order valence-corrected chi connectivity index (χ3v) is 4.13. The van der Waals surface area contributed by atoms with Crippen LogP contribution >= 0.6 is 23.2 Å². The number of carboxylic acid groups (broad SMARTS) is 1. The SMILES string of the molecule is COc1ccc([C@@H](CC(=O)O)CC(=O)N(CCCl)CCCl)cc1C. The Morgan fingerprint density at radius 2 is 1.83 bits per heavy atom. The van der Waals surface area contributed by atoms with Gasteiger partial charge in [-0.15, -0.1) is 23.2 Å². The van der Waals surface area contributed by atoms with Crippen molar-refractivity contribution in [2.45, 2.75) is 25.7 Å². The fraction of sp³-hybridized carbons (Fsp3) is 0.529. The summed E-state index contributed by atoms with van der Waals surface area (Å²) in [6.45, 7) is 2.68. The van der Waals surface area contributed by atoms with Gasteiger partial charge in [0, 0.05) is 37.2 Å². The van der Waals surface area contributed by atoms with Gasteiger partial charge < -0.3 is 14.7 Å². The number of methoxy groups -OCH3 is 1. The fourth-order valence-corrected chi connectivity index (χ4v) is 2.99. The Bertz CT molecular complexity index is 560. The second-order valence-electron chi connectivity index (χ2n) is 5.49. The van der Waals surface area contributed by atoms with Gasteiger partial charge in [0.05, 0.1) is 13.5 Å². The van der Waals surface area contributed by atoms with Crippen LogP contribution in [0, 0.1) is 6.92 Å². The molecule has 0 aliphatic heterocycles. The molecule has 134 valence electrons. The summed E-state index contributed by atoms with van der Waals surface area (Å²) in [5, 5.41) is 9.18. The van der Waals surface area contributed by atoms with E-state index in [1.54, 1.807) is 24.1 Å². The number of carbonyl (C=O) groups excluding carboxylic acids is 1. The summed E-state index contributed by atoms with van der Waals surface area (Å²) >= 11 is 11.4. The van der Waals surface area contributed by atoms with Crippen LogP contribution in [0.15, 0.2) is 18.2 Å². The third kappa shape index (κ3) is 6.21. The summed E-state index contributed by atoms with van der Waals surface area (Å²) in [4.78, 5) is 25.3. The largest absolute Gasteiger partial charge is 0.496 e. The topological polar surface area (TPSA) is 66.8 Å².